The van der Waals surface area contributed by atoms with Crippen molar-refractivity contribution in [2.24, 2.45) is 28.6 Å². The number of unbranched alkanes of at least 4 members (excludes halogenated alkanes) is 3. The summed E-state index contributed by atoms with van der Waals surface area (Å²) in [6.07, 6.45) is 20.0. The zero-order valence-electron chi connectivity index (χ0n) is 17.3. The topological polar surface area (TPSA) is 17.1 Å². The van der Waals surface area contributed by atoms with E-state index in [4.69, 9.17) is 0 Å². The van der Waals surface area contributed by atoms with Crippen LogP contribution in [0.25, 0.3) is 0 Å². The van der Waals surface area contributed by atoms with Crippen LogP contribution in [0, 0.1) is 28.6 Å². The summed E-state index contributed by atoms with van der Waals surface area (Å²) in [5.74, 6) is 3.00. The van der Waals surface area contributed by atoms with Gasteiger partial charge in [0.2, 0.25) is 0 Å². The molecule has 3 unspecified atom stereocenters. The number of carbonyl (C=O) groups excluding carboxylic acids is 1. The molecule has 0 aromatic heterocycles. The summed E-state index contributed by atoms with van der Waals surface area (Å²) >= 11 is 0. The highest BCUT2D eigenvalue weighted by molar-refractivity contribution is 5.91. The maximum absolute atomic E-state index is 12.0. The quantitative estimate of drug-likeness (QED) is 0.391. The maximum atomic E-state index is 12.0. The number of fused-ring (bicyclic) bond motifs is 5. The fourth-order valence-electron chi connectivity index (χ4n) is 7.41. The molecule has 26 heavy (non-hydrogen) atoms. The highest BCUT2D eigenvalue weighted by Crippen LogP contribution is 2.66. The minimum Gasteiger partial charge on any atom is -0.295 e. The van der Waals surface area contributed by atoms with Crippen molar-refractivity contribution in [1.82, 2.24) is 0 Å². The first kappa shape index (κ1) is 18.5. The first-order chi connectivity index (χ1) is 12.5. The van der Waals surface area contributed by atoms with Crippen LogP contribution in [0.15, 0.2) is 23.3 Å². The standard InChI is InChI=1S/C25H38O/c1-4-5-6-7-8-18-10-12-22-21-11-9-19-17-20(26)13-15-25(19,3)23(21)14-16-24(18,22)2/h8,17,21-23H,4-7,9-16H2,1-3H3/t21?,22?,23?,24-,25+/m1/s1. The molecule has 3 saturated carbocycles. The lowest BCUT2D eigenvalue weighted by Gasteiger charge is -2.57. The molecule has 144 valence electrons. The molecule has 5 atom stereocenters. The van der Waals surface area contributed by atoms with Gasteiger partial charge in [-0.05, 0) is 92.4 Å². The van der Waals surface area contributed by atoms with E-state index in [0.29, 0.717) is 16.6 Å². The molecule has 0 aromatic carbocycles. The van der Waals surface area contributed by atoms with Gasteiger partial charge in [-0.25, -0.2) is 0 Å². The Balaban J connectivity index is 1.55. The van der Waals surface area contributed by atoms with Gasteiger partial charge in [0.1, 0.15) is 0 Å². The van der Waals surface area contributed by atoms with Crippen molar-refractivity contribution < 1.29 is 4.79 Å². The Morgan fingerprint density at radius 1 is 1.00 bits per heavy atom. The second-order valence-corrected chi connectivity index (χ2v) is 10.2. The van der Waals surface area contributed by atoms with E-state index in [9.17, 15) is 4.79 Å². The molecule has 3 fully saturated rings. The molecule has 4 aliphatic carbocycles. The van der Waals surface area contributed by atoms with Gasteiger partial charge in [-0.15, -0.1) is 0 Å². The van der Waals surface area contributed by atoms with Crippen LogP contribution in [0.3, 0.4) is 0 Å². The monoisotopic (exact) mass is 354 g/mol. The smallest absolute Gasteiger partial charge is 0.155 e. The molecule has 0 spiro atoms. The van der Waals surface area contributed by atoms with Crippen molar-refractivity contribution in [2.75, 3.05) is 0 Å². The summed E-state index contributed by atoms with van der Waals surface area (Å²) in [6.45, 7) is 7.40. The maximum Gasteiger partial charge on any atom is 0.155 e. The minimum atomic E-state index is 0.325. The van der Waals surface area contributed by atoms with Gasteiger partial charge in [-0.2, -0.15) is 0 Å². The first-order valence-corrected chi connectivity index (χ1v) is 11.4. The summed E-state index contributed by atoms with van der Waals surface area (Å²) in [5.41, 5.74) is 4.12. The lowest BCUT2D eigenvalue weighted by Crippen LogP contribution is -2.49. The number of hydrogen-bond donors (Lipinski definition) is 0. The van der Waals surface area contributed by atoms with Gasteiger partial charge in [-0.1, -0.05) is 50.8 Å². The fourth-order valence-corrected chi connectivity index (χ4v) is 7.41. The molecule has 0 heterocycles. The van der Waals surface area contributed by atoms with Crippen LogP contribution in [-0.4, -0.2) is 5.78 Å². The highest BCUT2D eigenvalue weighted by Gasteiger charge is 2.57. The average molecular weight is 355 g/mol. The van der Waals surface area contributed by atoms with Crippen LogP contribution in [0.1, 0.15) is 97.8 Å². The molecule has 4 rings (SSSR count). The molecule has 4 aliphatic rings. The van der Waals surface area contributed by atoms with Crippen LogP contribution in [0.2, 0.25) is 0 Å². The molecular formula is C25H38O. The number of allylic oxidation sites excluding steroid dienone is 3. The number of rotatable bonds is 4. The van der Waals surface area contributed by atoms with E-state index in [1.807, 2.05) is 11.6 Å². The summed E-state index contributed by atoms with van der Waals surface area (Å²) < 4.78 is 0. The van der Waals surface area contributed by atoms with Crippen molar-refractivity contribution in [3.05, 3.63) is 23.3 Å². The third-order valence-corrected chi connectivity index (χ3v) is 9.01. The third kappa shape index (κ3) is 2.85. The van der Waals surface area contributed by atoms with Crippen LogP contribution in [0.4, 0.5) is 0 Å². The molecular weight excluding hydrogens is 316 g/mol. The minimum absolute atomic E-state index is 0.325. The summed E-state index contributed by atoms with van der Waals surface area (Å²) in [6, 6.07) is 0. The number of ketones is 1. The van der Waals surface area contributed by atoms with Crippen molar-refractivity contribution >= 4 is 5.78 Å². The second kappa shape index (κ2) is 6.95. The number of hydrogen-bond acceptors (Lipinski definition) is 1. The Hall–Kier alpha value is -0.850. The van der Waals surface area contributed by atoms with E-state index in [2.05, 4.69) is 26.8 Å². The molecule has 0 aromatic rings. The largest absolute Gasteiger partial charge is 0.295 e. The van der Waals surface area contributed by atoms with Gasteiger partial charge in [0.15, 0.2) is 5.78 Å². The van der Waals surface area contributed by atoms with Crippen LogP contribution >= 0.6 is 0 Å². The van der Waals surface area contributed by atoms with Crippen molar-refractivity contribution in [3.8, 4) is 0 Å². The lowest BCUT2D eigenvalue weighted by molar-refractivity contribution is -0.117. The normalized spacial score (nSPS) is 43.7. The average Bonchev–Trinajstić information content (AvgIpc) is 2.96. The Bertz CT molecular complexity index is 626. The van der Waals surface area contributed by atoms with Crippen LogP contribution in [-0.2, 0) is 4.79 Å². The predicted molar refractivity (Wildman–Crippen MR) is 109 cm³/mol. The Labute approximate surface area is 160 Å². The Morgan fingerprint density at radius 2 is 1.81 bits per heavy atom. The lowest BCUT2D eigenvalue weighted by atomic mass is 9.47. The predicted octanol–water partition coefficient (Wildman–Crippen LogP) is 7.03. The van der Waals surface area contributed by atoms with Crippen molar-refractivity contribution in [1.29, 1.82) is 0 Å². The summed E-state index contributed by atoms with van der Waals surface area (Å²) in [5, 5.41) is 0. The van der Waals surface area contributed by atoms with E-state index in [1.165, 1.54) is 69.8 Å². The van der Waals surface area contributed by atoms with Gasteiger partial charge < -0.3 is 0 Å². The van der Waals surface area contributed by atoms with Gasteiger partial charge in [-0.3, -0.25) is 4.79 Å². The molecule has 0 aliphatic heterocycles. The van der Waals surface area contributed by atoms with E-state index in [-0.39, 0.29) is 0 Å². The Kier molecular flexibility index (Phi) is 4.95. The SMILES string of the molecule is CCCCCC=C1CCC2C3CCC4=CC(=O)CC[C@]4(C)C3CC[C@]12C. The summed E-state index contributed by atoms with van der Waals surface area (Å²) in [4.78, 5) is 12.0. The highest BCUT2D eigenvalue weighted by atomic mass is 16.1. The fraction of sp³-hybridized carbons (Fsp3) is 0.800. The van der Waals surface area contributed by atoms with Crippen molar-refractivity contribution in [2.45, 2.75) is 97.8 Å². The molecule has 1 nitrogen and oxygen atoms in total. The van der Waals surface area contributed by atoms with Crippen molar-refractivity contribution in [3.63, 3.8) is 0 Å². The van der Waals surface area contributed by atoms with Gasteiger partial charge in [0.05, 0.1) is 0 Å². The van der Waals surface area contributed by atoms with Gasteiger partial charge >= 0.3 is 0 Å². The van der Waals surface area contributed by atoms with Gasteiger partial charge in [0, 0.05) is 6.42 Å². The molecule has 0 amide bonds. The molecule has 0 bridgehead atoms. The third-order valence-electron chi connectivity index (χ3n) is 9.01. The van der Waals surface area contributed by atoms with E-state index in [0.717, 1.165) is 30.6 Å². The van der Waals surface area contributed by atoms with Crippen LogP contribution in [0.5, 0.6) is 0 Å². The Morgan fingerprint density at radius 3 is 2.62 bits per heavy atom. The summed E-state index contributed by atoms with van der Waals surface area (Å²) in [7, 11) is 0. The molecule has 0 N–H and O–H groups in total. The van der Waals surface area contributed by atoms with E-state index >= 15 is 0 Å². The van der Waals surface area contributed by atoms with E-state index < -0.39 is 0 Å². The van der Waals surface area contributed by atoms with E-state index in [1.54, 1.807) is 0 Å². The molecule has 0 radical (unpaired) electrons. The second-order valence-electron chi connectivity index (χ2n) is 10.2. The van der Waals surface area contributed by atoms with Crippen LogP contribution < -0.4 is 0 Å². The first-order valence-electron chi connectivity index (χ1n) is 11.4. The number of carbonyl (C=O) groups is 1. The van der Waals surface area contributed by atoms with Gasteiger partial charge in [0.25, 0.3) is 0 Å². The molecule has 1 heteroatoms. The zero-order valence-corrected chi connectivity index (χ0v) is 17.3. The zero-order chi connectivity index (χ0) is 18.4. The molecule has 0 saturated heterocycles.